The maximum absolute atomic E-state index is 5.42. The molecule has 1 aliphatic heterocycles. The largest absolute Gasteiger partial charge is 0.383 e. The molecule has 0 spiro atoms. The number of pyridine rings is 2. The number of ether oxygens (including phenoxy) is 1. The first-order valence-electron chi connectivity index (χ1n) is 11.1. The molecule has 0 aromatic carbocycles. The molecule has 3 aromatic rings. The van der Waals surface area contributed by atoms with E-state index in [0.717, 1.165) is 41.4 Å². The summed E-state index contributed by atoms with van der Waals surface area (Å²) in [5.74, 6) is 1.50. The first kappa shape index (κ1) is 20.9. The number of methoxy groups -OCH3 is 1. The van der Waals surface area contributed by atoms with E-state index >= 15 is 0 Å². The van der Waals surface area contributed by atoms with E-state index < -0.39 is 0 Å². The van der Waals surface area contributed by atoms with Crippen LogP contribution in [0.2, 0.25) is 0 Å². The minimum Gasteiger partial charge on any atom is -0.383 e. The van der Waals surface area contributed by atoms with Crippen LogP contribution in [0.1, 0.15) is 61.5 Å². The van der Waals surface area contributed by atoms with Crippen LogP contribution in [0.25, 0.3) is 22.3 Å². The monoisotopic (exact) mass is 406 g/mol. The Balaban J connectivity index is 1.92. The van der Waals surface area contributed by atoms with Gasteiger partial charge >= 0.3 is 0 Å². The lowest BCUT2D eigenvalue weighted by Crippen LogP contribution is -2.38. The van der Waals surface area contributed by atoms with Gasteiger partial charge in [0, 0.05) is 37.7 Å². The Kier molecular flexibility index (Phi) is 5.58. The van der Waals surface area contributed by atoms with Gasteiger partial charge in [0.1, 0.15) is 5.82 Å². The molecule has 0 saturated carbocycles. The van der Waals surface area contributed by atoms with Gasteiger partial charge in [-0.3, -0.25) is 0 Å². The molecule has 160 valence electrons. The fourth-order valence-electron chi connectivity index (χ4n) is 4.38. The molecule has 3 aromatic heterocycles. The van der Waals surface area contributed by atoms with Crippen LogP contribution in [0.4, 0.5) is 5.82 Å². The average molecular weight is 407 g/mol. The van der Waals surface area contributed by atoms with Crippen molar-refractivity contribution in [1.29, 1.82) is 0 Å². The third-order valence-electron chi connectivity index (χ3n) is 6.47. The van der Waals surface area contributed by atoms with E-state index in [4.69, 9.17) is 14.7 Å². The van der Waals surface area contributed by atoms with Crippen molar-refractivity contribution in [2.45, 2.75) is 59.9 Å². The number of fused-ring (bicyclic) bond motifs is 1. The van der Waals surface area contributed by atoms with Crippen molar-refractivity contribution in [3.63, 3.8) is 0 Å². The summed E-state index contributed by atoms with van der Waals surface area (Å²) in [6, 6.07) is 4.67. The number of hydrogen-bond acceptors (Lipinski definition) is 4. The number of aryl methyl sites for hydroxylation is 2. The molecule has 1 saturated heterocycles. The molecule has 0 bridgehead atoms. The van der Waals surface area contributed by atoms with Crippen LogP contribution in [0.3, 0.4) is 0 Å². The van der Waals surface area contributed by atoms with E-state index in [9.17, 15) is 0 Å². The highest BCUT2D eigenvalue weighted by Crippen LogP contribution is 2.38. The van der Waals surface area contributed by atoms with Gasteiger partial charge < -0.3 is 14.2 Å². The minimum atomic E-state index is 0.264. The Morgan fingerprint density at radius 3 is 2.37 bits per heavy atom. The number of nitrogens with zero attached hydrogens (tertiary/aromatic N) is 4. The maximum atomic E-state index is 5.42. The van der Waals surface area contributed by atoms with Crippen LogP contribution in [0, 0.1) is 20.8 Å². The van der Waals surface area contributed by atoms with E-state index in [1.54, 1.807) is 7.11 Å². The molecule has 5 nitrogen and oxygen atoms in total. The summed E-state index contributed by atoms with van der Waals surface area (Å²) < 4.78 is 7.74. The predicted molar refractivity (Wildman–Crippen MR) is 125 cm³/mol. The zero-order chi connectivity index (χ0) is 21.6. The number of anilines is 1. The first-order valence-corrected chi connectivity index (χ1v) is 11.1. The van der Waals surface area contributed by atoms with Crippen molar-refractivity contribution in [2.75, 3.05) is 31.7 Å². The summed E-state index contributed by atoms with van der Waals surface area (Å²) in [4.78, 5) is 12.7. The quantitative estimate of drug-likeness (QED) is 0.537. The predicted octanol–water partition coefficient (Wildman–Crippen LogP) is 5.56. The fourth-order valence-corrected chi connectivity index (χ4v) is 4.38. The van der Waals surface area contributed by atoms with Crippen molar-refractivity contribution in [2.24, 2.45) is 0 Å². The second-order valence-electron chi connectivity index (χ2n) is 9.03. The van der Waals surface area contributed by atoms with E-state index in [1.165, 1.54) is 28.6 Å². The summed E-state index contributed by atoms with van der Waals surface area (Å²) in [5.41, 5.74) is 9.38. The van der Waals surface area contributed by atoms with Gasteiger partial charge in [0.2, 0.25) is 0 Å². The molecule has 0 unspecified atom stereocenters. The highest BCUT2D eigenvalue weighted by atomic mass is 16.5. The number of hydrogen-bond donors (Lipinski definition) is 0. The van der Waals surface area contributed by atoms with Crippen LogP contribution in [0.15, 0.2) is 18.3 Å². The molecule has 0 aliphatic carbocycles. The van der Waals surface area contributed by atoms with Gasteiger partial charge in [-0.1, -0.05) is 13.8 Å². The molecule has 1 atom stereocenters. The van der Waals surface area contributed by atoms with Gasteiger partial charge in [0.05, 0.1) is 29.4 Å². The minimum absolute atomic E-state index is 0.264. The van der Waals surface area contributed by atoms with Gasteiger partial charge in [-0.2, -0.15) is 0 Å². The lowest BCUT2D eigenvalue weighted by molar-refractivity contribution is 0.164. The highest BCUT2D eigenvalue weighted by molar-refractivity contribution is 5.89. The summed E-state index contributed by atoms with van der Waals surface area (Å²) >= 11 is 0. The van der Waals surface area contributed by atoms with Crippen molar-refractivity contribution in [3.8, 4) is 11.3 Å². The van der Waals surface area contributed by atoms with Gasteiger partial charge in [-0.15, -0.1) is 0 Å². The van der Waals surface area contributed by atoms with E-state index in [-0.39, 0.29) is 6.04 Å². The van der Waals surface area contributed by atoms with Gasteiger partial charge in [0.25, 0.3) is 0 Å². The van der Waals surface area contributed by atoms with Crippen molar-refractivity contribution in [1.82, 2.24) is 14.5 Å². The maximum Gasteiger partial charge on any atom is 0.138 e. The number of aromatic nitrogens is 3. The molecular formula is C25H34N4O. The smallest absolute Gasteiger partial charge is 0.138 e. The first-order chi connectivity index (χ1) is 14.3. The molecule has 0 amide bonds. The zero-order valence-corrected chi connectivity index (χ0v) is 19.4. The molecule has 0 radical (unpaired) electrons. The Morgan fingerprint density at radius 2 is 1.77 bits per heavy atom. The molecule has 4 rings (SSSR count). The van der Waals surface area contributed by atoms with Crippen LogP contribution < -0.4 is 4.90 Å². The van der Waals surface area contributed by atoms with Gasteiger partial charge in [0.15, 0.2) is 0 Å². The standard InChI is InChI=1S/C25H34N4O/c1-15(2)21-10-9-20(25(26-21)28-11-8-12-28)23-18(5)19(6)24-22(27-23)16(3)13-29(24)17(4)14-30-7/h9-10,13,15,17H,8,11-12,14H2,1-7H3/t17-/m0/s1. The Bertz CT molecular complexity index is 1080. The van der Waals surface area contributed by atoms with Gasteiger partial charge in [-0.05, 0) is 68.9 Å². The molecule has 1 fully saturated rings. The molecule has 1 aliphatic rings. The van der Waals surface area contributed by atoms with Crippen molar-refractivity contribution < 1.29 is 4.74 Å². The second kappa shape index (κ2) is 8.03. The van der Waals surface area contributed by atoms with Crippen LogP contribution >= 0.6 is 0 Å². The third-order valence-corrected chi connectivity index (χ3v) is 6.47. The molecule has 0 N–H and O–H groups in total. The molecular weight excluding hydrogens is 372 g/mol. The topological polar surface area (TPSA) is 43.2 Å². The average Bonchev–Trinajstić information content (AvgIpc) is 3.00. The normalized spacial score (nSPS) is 15.1. The van der Waals surface area contributed by atoms with Crippen LogP contribution in [-0.2, 0) is 4.74 Å². The Morgan fingerprint density at radius 1 is 1.03 bits per heavy atom. The van der Waals surface area contributed by atoms with Crippen molar-refractivity contribution >= 4 is 16.9 Å². The zero-order valence-electron chi connectivity index (χ0n) is 19.4. The van der Waals surface area contributed by atoms with E-state index in [2.05, 4.69) is 69.3 Å². The van der Waals surface area contributed by atoms with Crippen molar-refractivity contribution in [3.05, 3.63) is 40.7 Å². The summed E-state index contributed by atoms with van der Waals surface area (Å²) in [7, 11) is 1.76. The second-order valence-corrected chi connectivity index (χ2v) is 9.03. The SMILES string of the molecule is COC[C@H](C)n1cc(C)c2nc(-c3ccc(C(C)C)nc3N3CCC3)c(C)c(C)c21. The lowest BCUT2D eigenvalue weighted by atomic mass is 9.99. The van der Waals surface area contributed by atoms with Crippen LogP contribution in [-0.4, -0.2) is 41.3 Å². The summed E-state index contributed by atoms with van der Waals surface area (Å²) in [5, 5.41) is 0. The van der Waals surface area contributed by atoms with Crippen LogP contribution in [0.5, 0.6) is 0 Å². The van der Waals surface area contributed by atoms with Gasteiger partial charge in [-0.25, -0.2) is 9.97 Å². The summed E-state index contributed by atoms with van der Waals surface area (Å²) in [6.07, 6.45) is 3.45. The molecule has 30 heavy (non-hydrogen) atoms. The van der Waals surface area contributed by atoms with E-state index in [1.807, 2.05) is 0 Å². The fraction of sp³-hybridized carbons (Fsp3) is 0.520. The highest BCUT2D eigenvalue weighted by Gasteiger charge is 2.25. The number of rotatable bonds is 6. The molecule has 5 heteroatoms. The van der Waals surface area contributed by atoms with E-state index in [0.29, 0.717) is 12.5 Å². The third kappa shape index (κ3) is 3.39. The lowest BCUT2D eigenvalue weighted by Gasteiger charge is -2.34. The Labute approximate surface area is 180 Å². The Hall–Kier alpha value is -2.40. The summed E-state index contributed by atoms with van der Waals surface area (Å²) in [6.45, 7) is 16.0. The molecule has 4 heterocycles.